The van der Waals surface area contributed by atoms with E-state index in [0.717, 1.165) is 25.8 Å². The molecule has 1 heterocycles. The molecule has 0 bridgehead atoms. The van der Waals surface area contributed by atoms with Crippen molar-refractivity contribution in [2.24, 2.45) is 0 Å². The van der Waals surface area contributed by atoms with E-state index < -0.39 is 0 Å². The second kappa shape index (κ2) is 5.15. The molecule has 98 valence electrons. The first-order valence-electron chi connectivity index (χ1n) is 6.66. The van der Waals surface area contributed by atoms with Crippen molar-refractivity contribution in [3.63, 3.8) is 0 Å². The average molecular weight is 259 g/mol. The molecule has 0 spiro atoms. The van der Waals surface area contributed by atoms with Crippen LogP contribution in [-0.2, 0) is 4.79 Å². The molecular formula is C13H23ClN2O. The van der Waals surface area contributed by atoms with Crippen LogP contribution in [0.4, 0.5) is 0 Å². The SMILES string of the molecule is CN1CC(Cl)CC1C(=O)NC1(C)CCCCC1. The molecule has 2 atom stereocenters. The molecule has 2 fully saturated rings. The third-order valence-electron chi connectivity index (χ3n) is 4.18. The molecule has 2 aliphatic rings. The average Bonchev–Trinajstić information content (AvgIpc) is 2.58. The Morgan fingerprint density at radius 1 is 1.35 bits per heavy atom. The van der Waals surface area contributed by atoms with Gasteiger partial charge in [-0.3, -0.25) is 9.69 Å². The van der Waals surface area contributed by atoms with Gasteiger partial charge in [-0.15, -0.1) is 11.6 Å². The number of halogens is 1. The normalized spacial score (nSPS) is 33.6. The summed E-state index contributed by atoms with van der Waals surface area (Å²) >= 11 is 6.10. The summed E-state index contributed by atoms with van der Waals surface area (Å²) in [7, 11) is 1.98. The van der Waals surface area contributed by atoms with E-state index in [-0.39, 0.29) is 22.9 Å². The van der Waals surface area contributed by atoms with Gasteiger partial charge in [-0.2, -0.15) is 0 Å². The number of hydrogen-bond donors (Lipinski definition) is 1. The minimum Gasteiger partial charge on any atom is -0.350 e. The fourth-order valence-corrected chi connectivity index (χ4v) is 3.47. The zero-order valence-electron chi connectivity index (χ0n) is 10.8. The Hall–Kier alpha value is -0.280. The molecule has 0 radical (unpaired) electrons. The minimum absolute atomic E-state index is 0.0145. The van der Waals surface area contributed by atoms with Gasteiger partial charge in [-0.05, 0) is 33.2 Å². The van der Waals surface area contributed by atoms with Crippen molar-refractivity contribution in [3.05, 3.63) is 0 Å². The van der Waals surface area contributed by atoms with Crippen LogP contribution in [-0.4, -0.2) is 41.4 Å². The summed E-state index contributed by atoms with van der Waals surface area (Å²) in [6, 6.07) is -0.0312. The van der Waals surface area contributed by atoms with Crippen molar-refractivity contribution >= 4 is 17.5 Å². The zero-order chi connectivity index (χ0) is 12.5. The van der Waals surface area contributed by atoms with Gasteiger partial charge in [0, 0.05) is 17.5 Å². The quantitative estimate of drug-likeness (QED) is 0.770. The molecule has 1 saturated carbocycles. The van der Waals surface area contributed by atoms with Gasteiger partial charge >= 0.3 is 0 Å². The Kier molecular flexibility index (Phi) is 3.99. The van der Waals surface area contributed by atoms with Crippen LogP contribution in [0.3, 0.4) is 0 Å². The molecule has 2 unspecified atom stereocenters. The van der Waals surface area contributed by atoms with Crippen LogP contribution in [0, 0.1) is 0 Å². The van der Waals surface area contributed by atoms with E-state index in [0.29, 0.717) is 0 Å². The van der Waals surface area contributed by atoms with E-state index >= 15 is 0 Å². The van der Waals surface area contributed by atoms with Gasteiger partial charge in [0.1, 0.15) is 0 Å². The number of amides is 1. The molecule has 0 aromatic rings. The largest absolute Gasteiger partial charge is 0.350 e. The van der Waals surface area contributed by atoms with Gasteiger partial charge in [-0.25, -0.2) is 0 Å². The Balaban J connectivity index is 1.92. The van der Waals surface area contributed by atoms with E-state index in [9.17, 15) is 4.79 Å². The van der Waals surface area contributed by atoms with Crippen molar-refractivity contribution in [3.8, 4) is 0 Å². The van der Waals surface area contributed by atoms with E-state index in [1.807, 2.05) is 7.05 Å². The highest BCUT2D eigenvalue weighted by Crippen LogP contribution is 2.28. The van der Waals surface area contributed by atoms with Crippen LogP contribution in [0.25, 0.3) is 0 Å². The van der Waals surface area contributed by atoms with Crippen LogP contribution >= 0.6 is 11.6 Å². The second-order valence-corrected chi connectivity index (χ2v) is 6.52. The fraction of sp³-hybridized carbons (Fsp3) is 0.923. The number of nitrogens with zero attached hydrogens (tertiary/aromatic N) is 1. The maximum absolute atomic E-state index is 12.3. The van der Waals surface area contributed by atoms with Gasteiger partial charge in [0.2, 0.25) is 5.91 Å². The van der Waals surface area contributed by atoms with Crippen LogP contribution in [0.2, 0.25) is 0 Å². The predicted molar refractivity (Wildman–Crippen MR) is 70.3 cm³/mol. The lowest BCUT2D eigenvalue weighted by molar-refractivity contribution is -0.127. The molecule has 1 aliphatic carbocycles. The number of carbonyl (C=O) groups is 1. The lowest BCUT2D eigenvalue weighted by Gasteiger charge is -2.36. The monoisotopic (exact) mass is 258 g/mol. The van der Waals surface area contributed by atoms with Crippen molar-refractivity contribution in [1.82, 2.24) is 10.2 Å². The third-order valence-corrected chi connectivity index (χ3v) is 4.50. The Morgan fingerprint density at radius 2 is 2.00 bits per heavy atom. The summed E-state index contributed by atoms with van der Waals surface area (Å²) in [4.78, 5) is 14.3. The van der Waals surface area contributed by atoms with Crippen molar-refractivity contribution in [2.75, 3.05) is 13.6 Å². The summed E-state index contributed by atoms with van der Waals surface area (Å²) in [5, 5.41) is 3.37. The lowest BCUT2D eigenvalue weighted by Crippen LogP contribution is -2.52. The molecule has 3 nitrogen and oxygen atoms in total. The smallest absolute Gasteiger partial charge is 0.237 e. The van der Waals surface area contributed by atoms with E-state index in [1.165, 1.54) is 19.3 Å². The molecule has 2 rings (SSSR count). The van der Waals surface area contributed by atoms with Crippen LogP contribution in [0.15, 0.2) is 0 Å². The molecule has 1 amide bonds. The molecule has 1 saturated heterocycles. The highest BCUT2D eigenvalue weighted by atomic mass is 35.5. The predicted octanol–water partition coefficient (Wildman–Crippen LogP) is 2.14. The fourth-order valence-electron chi connectivity index (χ4n) is 3.08. The zero-order valence-corrected chi connectivity index (χ0v) is 11.6. The van der Waals surface area contributed by atoms with Crippen LogP contribution in [0.1, 0.15) is 45.4 Å². The number of carbonyl (C=O) groups excluding carboxylic acids is 1. The maximum atomic E-state index is 12.3. The van der Waals surface area contributed by atoms with Crippen LogP contribution < -0.4 is 5.32 Å². The molecule has 0 aromatic carbocycles. The molecule has 1 N–H and O–H groups in total. The molecule has 4 heteroatoms. The first kappa shape index (κ1) is 13.2. The maximum Gasteiger partial charge on any atom is 0.237 e. The Morgan fingerprint density at radius 3 is 2.53 bits per heavy atom. The molecular weight excluding hydrogens is 236 g/mol. The number of likely N-dealkylation sites (tertiary alicyclic amines) is 1. The Labute approximate surface area is 109 Å². The van der Waals surface area contributed by atoms with Gasteiger partial charge in [0.15, 0.2) is 0 Å². The van der Waals surface area contributed by atoms with E-state index in [1.54, 1.807) is 0 Å². The number of nitrogens with one attached hydrogen (secondary N) is 1. The molecule has 17 heavy (non-hydrogen) atoms. The minimum atomic E-state index is -0.0312. The summed E-state index contributed by atoms with van der Waals surface area (Å²) in [5.41, 5.74) is 0.0145. The number of alkyl halides is 1. The van der Waals surface area contributed by atoms with E-state index in [2.05, 4.69) is 17.1 Å². The summed E-state index contributed by atoms with van der Waals surface area (Å²) in [6.07, 6.45) is 6.77. The van der Waals surface area contributed by atoms with Crippen molar-refractivity contribution < 1.29 is 4.79 Å². The van der Waals surface area contributed by atoms with Crippen molar-refractivity contribution in [2.45, 2.75) is 62.4 Å². The van der Waals surface area contributed by atoms with Gasteiger partial charge < -0.3 is 5.32 Å². The number of hydrogen-bond acceptors (Lipinski definition) is 2. The van der Waals surface area contributed by atoms with Gasteiger partial charge in [-0.1, -0.05) is 19.3 Å². The third kappa shape index (κ3) is 3.14. The molecule has 0 aromatic heterocycles. The first-order chi connectivity index (χ1) is 8.00. The Bertz CT molecular complexity index is 289. The summed E-state index contributed by atoms with van der Waals surface area (Å²) in [6.45, 7) is 2.99. The lowest BCUT2D eigenvalue weighted by atomic mass is 9.83. The number of likely N-dealkylation sites (N-methyl/N-ethyl adjacent to an activating group) is 1. The standard InChI is InChI=1S/C13H23ClN2O/c1-13(6-4-3-5-7-13)15-12(17)11-8-10(14)9-16(11)2/h10-11H,3-9H2,1-2H3,(H,15,17). The van der Waals surface area contributed by atoms with Gasteiger partial charge in [0.25, 0.3) is 0 Å². The summed E-state index contributed by atoms with van der Waals surface area (Å²) in [5.74, 6) is 0.167. The highest BCUT2D eigenvalue weighted by molar-refractivity contribution is 6.21. The topological polar surface area (TPSA) is 32.3 Å². The molecule has 1 aliphatic heterocycles. The van der Waals surface area contributed by atoms with E-state index in [4.69, 9.17) is 11.6 Å². The highest BCUT2D eigenvalue weighted by Gasteiger charge is 2.37. The second-order valence-electron chi connectivity index (χ2n) is 5.90. The van der Waals surface area contributed by atoms with Crippen LogP contribution in [0.5, 0.6) is 0 Å². The number of rotatable bonds is 2. The van der Waals surface area contributed by atoms with Crippen molar-refractivity contribution in [1.29, 1.82) is 0 Å². The first-order valence-corrected chi connectivity index (χ1v) is 7.10. The van der Waals surface area contributed by atoms with Gasteiger partial charge in [0.05, 0.1) is 6.04 Å². The summed E-state index contributed by atoms with van der Waals surface area (Å²) < 4.78 is 0.